The fourth-order valence-electron chi connectivity index (χ4n) is 4.37. The Morgan fingerprint density at radius 2 is 1.62 bits per heavy atom. The average molecular weight is 593 g/mol. The molecule has 5 rings (SSSR count). The number of fused-ring (bicyclic) bond motifs is 1. The highest BCUT2D eigenvalue weighted by molar-refractivity contribution is 9.10. The number of piperazine rings is 1. The molecule has 0 aliphatic carbocycles. The molecule has 4 aromatic rings. The van der Waals surface area contributed by atoms with E-state index >= 15 is 0 Å². The monoisotopic (exact) mass is 591 g/mol. The summed E-state index contributed by atoms with van der Waals surface area (Å²) in [6, 6.07) is 17.8. The lowest BCUT2D eigenvalue weighted by Crippen LogP contribution is -2.47. The van der Waals surface area contributed by atoms with Gasteiger partial charge >= 0.3 is 6.18 Å². The molecule has 6 nitrogen and oxygen atoms in total. The Hall–Kier alpha value is -2.79. The molecule has 0 spiro atoms. The second kappa shape index (κ2) is 10.5. The molecule has 192 valence electrons. The van der Waals surface area contributed by atoms with Crippen LogP contribution in [0.2, 0.25) is 5.02 Å². The number of carbonyl (C=O) groups is 1. The Morgan fingerprint density at radius 3 is 2.27 bits per heavy atom. The van der Waals surface area contributed by atoms with Crippen molar-refractivity contribution in [1.82, 2.24) is 24.4 Å². The standard InChI is InChI=1S/C26H22BrClF3N5O/c27-19-8-6-18(7-9-19)20-14-22(26(29,30)31)36-25(32-20)23(28)24(33-36)21(37)16-35-12-10-34(11-13-35)15-17-4-2-1-3-5-17/h1-9,14H,10-13,15-16H2. The molecular formula is C26H22BrClF3N5O. The molecule has 0 N–H and O–H groups in total. The molecule has 2 aromatic carbocycles. The lowest BCUT2D eigenvalue weighted by Gasteiger charge is -2.34. The number of aromatic nitrogens is 3. The van der Waals surface area contributed by atoms with E-state index in [-0.39, 0.29) is 28.6 Å². The molecule has 37 heavy (non-hydrogen) atoms. The van der Waals surface area contributed by atoms with Crippen LogP contribution in [0.1, 0.15) is 21.7 Å². The summed E-state index contributed by atoms with van der Waals surface area (Å²) >= 11 is 9.74. The van der Waals surface area contributed by atoms with Crippen molar-refractivity contribution in [3.05, 3.63) is 87.1 Å². The van der Waals surface area contributed by atoms with Crippen LogP contribution in [-0.4, -0.2) is 62.9 Å². The molecule has 2 aromatic heterocycles. The van der Waals surface area contributed by atoms with Gasteiger partial charge in [-0.25, -0.2) is 9.50 Å². The van der Waals surface area contributed by atoms with Crippen LogP contribution in [0, 0.1) is 0 Å². The SMILES string of the molecule is O=C(CN1CCN(Cc2ccccc2)CC1)c1nn2c(C(F)(F)F)cc(-c3ccc(Br)cc3)nc2c1Cl. The van der Waals surface area contributed by atoms with Gasteiger partial charge in [-0.05, 0) is 23.8 Å². The van der Waals surface area contributed by atoms with Crippen molar-refractivity contribution >= 4 is 39.0 Å². The van der Waals surface area contributed by atoms with Gasteiger partial charge in [0.05, 0.1) is 12.2 Å². The summed E-state index contributed by atoms with van der Waals surface area (Å²) in [7, 11) is 0. The highest BCUT2D eigenvalue weighted by Crippen LogP contribution is 2.35. The number of Topliss-reactive ketones (excluding diaryl/α,β-unsaturated/α-hetero) is 1. The maximum absolute atomic E-state index is 13.9. The van der Waals surface area contributed by atoms with Gasteiger partial charge in [-0.2, -0.15) is 18.3 Å². The Labute approximate surface area is 224 Å². The van der Waals surface area contributed by atoms with E-state index in [1.54, 1.807) is 24.3 Å². The van der Waals surface area contributed by atoms with Crippen molar-refractivity contribution in [2.75, 3.05) is 32.7 Å². The van der Waals surface area contributed by atoms with Gasteiger partial charge in [-0.1, -0.05) is 70.0 Å². The molecule has 1 aliphatic rings. The zero-order chi connectivity index (χ0) is 26.2. The number of hydrogen-bond donors (Lipinski definition) is 0. The summed E-state index contributed by atoms with van der Waals surface area (Å²) in [5, 5.41) is 3.79. The van der Waals surface area contributed by atoms with Gasteiger partial charge in [0.15, 0.2) is 22.8 Å². The molecule has 3 heterocycles. The lowest BCUT2D eigenvalue weighted by atomic mass is 10.1. The third kappa shape index (κ3) is 5.72. The van der Waals surface area contributed by atoms with E-state index in [4.69, 9.17) is 11.6 Å². The molecule has 0 atom stereocenters. The van der Waals surface area contributed by atoms with Crippen LogP contribution in [-0.2, 0) is 12.7 Å². The van der Waals surface area contributed by atoms with E-state index in [9.17, 15) is 18.0 Å². The molecule has 1 saturated heterocycles. The summed E-state index contributed by atoms with van der Waals surface area (Å²) < 4.78 is 43.2. The van der Waals surface area contributed by atoms with Crippen molar-refractivity contribution in [3.8, 4) is 11.3 Å². The second-order valence-corrected chi connectivity index (χ2v) is 10.2. The van der Waals surface area contributed by atoms with E-state index < -0.39 is 17.7 Å². The summed E-state index contributed by atoms with van der Waals surface area (Å²) in [5.41, 5.74) is 0.326. The molecule has 0 unspecified atom stereocenters. The molecule has 1 aliphatic heterocycles. The minimum Gasteiger partial charge on any atom is -0.297 e. The zero-order valence-corrected chi connectivity index (χ0v) is 21.9. The fraction of sp³-hybridized carbons (Fsp3) is 0.269. The minimum absolute atomic E-state index is 0.0176. The molecule has 0 radical (unpaired) electrons. The first-order valence-corrected chi connectivity index (χ1v) is 12.8. The molecule has 0 bridgehead atoms. The van der Waals surface area contributed by atoms with E-state index in [2.05, 4.69) is 43.0 Å². The number of rotatable bonds is 6. The van der Waals surface area contributed by atoms with Gasteiger partial charge in [0.2, 0.25) is 0 Å². The van der Waals surface area contributed by atoms with Crippen LogP contribution >= 0.6 is 27.5 Å². The second-order valence-electron chi connectivity index (χ2n) is 8.89. The largest absolute Gasteiger partial charge is 0.433 e. The number of nitrogens with zero attached hydrogens (tertiary/aromatic N) is 5. The van der Waals surface area contributed by atoms with Crippen molar-refractivity contribution in [3.63, 3.8) is 0 Å². The highest BCUT2D eigenvalue weighted by Gasteiger charge is 2.37. The van der Waals surface area contributed by atoms with Gasteiger partial charge in [-0.3, -0.25) is 14.6 Å². The number of hydrogen-bond acceptors (Lipinski definition) is 5. The number of alkyl halides is 3. The Balaban J connectivity index is 1.36. The molecule has 11 heteroatoms. The quantitative estimate of drug-likeness (QED) is 0.264. The highest BCUT2D eigenvalue weighted by atomic mass is 79.9. The maximum Gasteiger partial charge on any atom is 0.433 e. The molecule has 1 fully saturated rings. The van der Waals surface area contributed by atoms with Crippen LogP contribution in [0.15, 0.2) is 65.1 Å². The van der Waals surface area contributed by atoms with Gasteiger partial charge in [0, 0.05) is 42.8 Å². The van der Waals surface area contributed by atoms with Crippen LogP contribution in [0.25, 0.3) is 16.9 Å². The molecular weight excluding hydrogens is 571 g/mol. The number of halogens is 5. The van der Waals surface area contributed by atoms with E-state index in [1.165, 1.54) is 5.56 Å². The predicted octanol–water partition coefficient (Wildman–Crippen LogP) is 5.83. The number of ketones is 1. The van der Waals surface area contributed by atoms with Crippen molar-refractivity contribution in [1.29, 1.82) is 0 Å². The summed E-state index contributed by atoms with van der Waals surface area (Å²) in [6.07, 6.45) is -4.73. The Kier molecular flexibility index (Phi) is 7.35. The van der Waals surface area contributed by atoms with Crippen LogP contribution in [0.3, 0.4) is 0 Å². The van der Waals surface area contributed by atoms with Gasteiger partial charge in [-0.15, -0.1) is 0 Å². The number of benzene rings is 2. The fourth-order valence-corrected chi connectivity index (χ4v) is 4.90. The third-order valence-electron chi connectivity index (χ3n) is 6.31. The first-order chi connectivity index (χ1) is 17.7. The maximum atomic E-state index is 13.9. The van der Waals surface area contributed by atoms with Gasteiger partial charge < -0.3 is 0 Å². The van der Waals surface area contributed by atoms with E-state index in [1.807, 2.05) is 23.1 Å². The molecule has 0 amide bonds. The normalized spacial score (nSPS) is 15.4. The average Bonchev–Trinajstić information content (AvgIpc) is 3.21. The third-order valence-corrected chi connectivity index (χ3v) is 7.19. The Morgan fingerprint density at radius 1 is 0.973 bits per heavy atom. The zero-order valence-electron chi connectivity index (χ0n) is 19.6. The number of carbonyl (C=O) groups excluding carboxylic acids is 1. The van der Waals surface area contributed by atoms with Crippen molar-refractivity contribution in [2.24, 2.45) is 0 Å². The lowest BCUT2D eigenvalue weighted by molar-refractivity contribution is -0.142. The predicted molar refractivity (Wildman–Crippen MR) is 139 cm³/mol. The summed E-state index contributed by atoms with van der Waals surface area (Å²) in [4.78, 5) is 21.7. The van der Waals surface area contributed by atoms with E-state index in [0.29, 0.717) is 23.2 Å². The van der Waals surface area contributed by atoms with Gasteiger partial charge in [0.1, 0.15) is 5.02 Å². The molecule has 0 saturated carbocycles. The summed E-state index contributed by atoms with van der Waals surface area (Å²) in [5.74, 6) is -0.440. The van der Waals surface area contributed by atoms with Crippen LogP contribution in [0.4, 0.5) is 13.2 Å². The van der Waals surface area contributed by atoms with E-state index in [0.717, 1.165) is 30.2 Å². The topological polar surface area (TPSA) is 53.7 Å². The minimum atomic E-state index is -4.73. The van der Waals surface area contributed by atoms with Crippen molar-refractivity contribution in [2.45, 2.75) is 12.7 Å². The van der Waals surface area contributed by atoms with Gasteiger partial charge in [0.25, 0.3) is 0 Å². The Bertz CT molecular complexity index is 1420. The summed E-state index contributed by atoms with van der Waals surface area (Å²) in [6.45, 7) is 3.71. The van der Waals surface area contributed by atoms with Crippen molar-refractivity contribution < 1.29 is 18.0 Å². The van der Waals surface area contributed by atoms with Crippen LogP contribution in [0.5, 0.6) is 0 Å². The smallest absolute Gasteiger partial charge is 0.297 e. The van der Waals surface area contributed by atoms with Crippen LogP contribution < -0.4 is 0 Å². The first kappa shape index (κ1) is 25.8. The first-order valence-electron chi connectivity index (χ1n) is 11.6.